The molecule has 3 nitrogen and oxygen atoms in total. The van der Waals surface area contributed by atoms with E-state index >= 15 is 0 Å². The highest BCUT2D eigenvalue weighted by atomic mass is 15.4. The number of rotatable bonds is 0. The van der Waals surface area contributed by atoms with Crippen LogP contribution in [0.2, 0.25) is 0 Å². The molecule has 0 aliphatic carbocycles. The second-order valence-corrected chi connectivity index (χ2v) is 2.96. The Morgan fingerprint density at radius 1 is 1.44 bits per heavy atom. The fourth-order valence-corrected chi connectivity index (χ4v) is 0.508. The van der Waals surface area contributed by atoms with Crippen molar-refractivity contribution in [1.29, 1.82) is 0 Å². The van der Waals surface area contributed by atoms with Crippen LogP contribution in [0.1, 0.15) is 20.8 Å². The summed E-state index contributed by atoms with van der Waals surface area (Å²) < 4.78 is 1.77. The third-order valence-electron chi connectivity index (χ3n) is 1.07. The maximum Gasteiger partial charge on any atom is 0.134 e. The van der Waals surface area contributed by atoms with Gasteiger partial charge in [0.15, 0.2) is 0 Å². The number of hydrogen-bond donors (Lipinski definition) is 0. The molecule has 1 aromatic rings. The van der Waals surface area contributed by atoms with Gasteiger partial charge in [0.2, 0.25) is 0 Å². The molecule has 0 fully saturated rings. The van der Waals surface area contributed by atoms with Crippen LogP contribution in [0, 0.1) is 6.20 Å². The summed E-state index contributed by atoms with van der Waals surface area (Å²) in [4.78, 5) is 0. The van der Waals surface area contributed by atoms with E-state index in [-0.39, 0.29) is 5.54 Å². The highest BCUT2D eigenvalue weighted by molar-refractivity contribution is 4.73. The highest BCUT2D eigenvalue weighted by Crippen LogP contribution is 2.08. The molecule has 49 valence electrons. The van der Waals surface area contributed by atoms with Crippen LogP contribution >= 0.6 is 0 Å². The Kier molecular flexibility index (Phi) is 1.27. The summed E-state index contributed by atoms with van der Waals surface area (Å²) >= 11 is 0. The molecule has 3 heteroatoms. The van der Waals surface area contributed by atoms with Crippen LogP contribution < -0.4 is 0 Å². The summed E-state index contributed by atoms with van der Waals surface area (Å²) in [5.41, 5.74) is 0.0347. The predicted molar refractivity (Wildman–Crippen MR) is 33.9 cm³/mol. The molecule has 0 aliphatic rings. The van der Waals surface area contributed by atoms with Crippen molar-refractivity contribution >= 4 is 0 Å². The molecule has 0 aromatic carbocycles. The topological polar surface area (TPSA) is 30.7 Å². The summed E-state index contributed by atoms with van der Waals surface area (Å²) in [6.07, 6.45) is 4.37. The normalized spacial score (nSPS) is 11.9. The van der Waals surface area contributed by atoms with Gasteiger partial charge in [-0.2, -0.15) is 0 Å². The minimum Gasteiger partial charge on any atom is -0.247 e. The summed E-state index contributed by atoms with van der Waals surface area (Å²) in [6.45, 7) is 6.20. The minimum absolute atomic E-state index is 0.0347. The standard InChI is InChI=1S/C6H10N3/c1-6(2,3)9-5-4-7-8-9/h5H,1-3H3. The zero-order chi connectivity index (χ0) is 6.91. The fraction of sp³-hybridized carbons (Fsp3) is 0.667. The Morgan fingerprint density at radius 3 is 2.33 bits per heavy atom. The van der Waals surface area contributed by atoms with Gasteiger partial charge in [-0.25, -0.2) is 4.68 Å². The Bertz CT molecular complexity index is 171. The van der Waals surface area contributed by atoms with Crippen LogP contribution in [-0.4, -0.2) is 15.0 Å². The van der Waals surface area contributed by atoms with E-state index in [0.29, 0.717) is 0 Å². The number of nitrogens with zero attached hydrogens (tertiary/aromatic N) is 3. The minimum atomic E-state index is 0.0347. The molecular weight excluding hydrogens is 114 g/mol. The molecular formula is C6H10N3. The lowest BCUT2D eigenvalue weighted by Gasteiger charge is -2.17. The molecule has 1 heterocycles. The first-order valence-corrected chi connectivity index (χ1v) is 2.89. The number of aromatic nitrogens is 3. The first-order chi connectivity index (χ1) is 4.11. The van der Waals surface area contributed by atoms with Crippen LogP contribution in [0.4, 0.5) is 0 Å². The molecule has 0 bridgehead atoms. The second kappa shape index (κ2) is 1.83. The van der Waals surface area contributed by atoms with E-state index in [4.69, 9.17) is 0 Å². The van der Waals surface area contributed by atoms with Gasteiger partial charge in [-0.05, 0) is 20.8 Å². The number of hydrogen-bond acceptors (Lipinski definition) is 2. The Morgan fingerprint density at radius 2 is 2.11 bits per heavy atom. The van der Waals surface area contributed by atoms with E-state index in [9.17, 15) is 0 Å². The fourth-order valence-electron chi connectivity index (χ4n) is 0.508. The summed E-state index contributed by atoms with van der Waals surface area (Å²) in [5.74, 6) is 0. The SMILES string of the molecule is CC(C)(C)n1c[c]nn1. The first kappa shape index (κ1) is 6.26. The van der Waals surface area contributed by atoms with Gasteiger partial charge in [-0.3, -0.25) is 0 Å². The van der Waals surface area contributed by atoms with Crippen LogP contribution in [0.3, 0.4) is 0 Å². The lowest BCUT2D eigenvalue weighted by molar-refractivity contribution is 0.347. The van der Waals surface area contributed by atoms with Gasteiger partial charge in [0.1, 0.15) is 6.20 Å². The molecule has 9 heavy (non-hydrogen) atoms. The summed E-state index contributed by atoms with van der Waals surface area (Å²) in [7, 11) is 0. The van der Waals surface area contributed by atoms with Gasteiger partial charge < -0.3 is 0 Å². The molecule has 1 rings (SSSR count). The molecule has 1 radical (unpaired) electrons. The van der Waals surface area contributed by atoms with Gasteiger partial charge in [0, 0.05) is 0 Å². The van der Waals surface area contributed by atoms with E-state index < -0.39 is 0 Å². The lowest BCUT2D eigenvalue weighted by Crippen LogP contribution is -2.22. The largest absolute Gasteiger partial charge is 0.247 e. The van der Waals surface area contributed by atoms with Crippen LogP contribution in [0.25, 0.3) is 0 Å². The molecule has 0 unspecified atom stereocenters. The third-order valence-corrected chi connectivity index (χ3v) is 1.07. The summed E-state index contributed by atoms with van der Waals surface area (Å²) in [6, 6.07) is 0. The van der Waals surface area contributed by atoms with Gasteiger partial charge in [0.25, 0.3) is 0 Å². The van der Waals surface area contributed by atoms with Crippen molar-refractivity contribution < 1.29 is 0 Å². The molecule has 0 atom stereocenters. The maximum atomic E-state index is 3.80. The zero-order valence-electron chi connectivity index (χ0n) is 5.92. The van der Waals surface area contributed by atoms with Crippen LogP contribution in [0.15, 0.2) is 6.20 Å². The van der Waals surface area contributed by atoms with Gasteiger partial charge in [-0.15, -0.1) is 5.10 Å². The maximum absolute atomic E-state index is 3.80. The zero-order valence-corrected chi connectivity index (χ0v) is 5.92. The Hall–Kier alpha value is -0.860. The van der Waals surface area contributed by atoms with Crippen molar-refractivity contribution in [1.82, 2.24) is 15.0 Å². The van der Waals surface area contributed by atoms with Gasteiger partial charge in [0.05, 0.1) is 11.7 Å². The van der Waals surface area contributed by atoms with E-state index in [1.54, 1.807) is 10.9 Å². The van der Waals surface area contributed by atoms with E-state index in [1.165, 1.54) is 0 Å². The molecule has 0 amide bonds. The molecule has 0 spiro atoms. The van der Waals surface area contributed by atoms with Gasteiger partial charge >= 0.3 is 0 Å². The van der Waals surface area contributed by atoms with Crippen molar-refractivity contribution in [2.75, 3.05) is 0 Å². The summed E-state index contributed by atoms with van der Waals surface area (Å²) in [5, 5.41) is 7.38. The van der Waals surface area contributed by atoms with Crippen LogP contribution in [-0.2, 0) is 5.54 Å². The van der Waals surface area contributed by atoms with Crippen LogP contribution in [0.5, 0.6) is 0 Å². The molecule has 0 aliphatic heterocycles. The highest BCUT2D eigenvalue weighted by Gasteiger charge is 2.11. The lowest BCUT2D eigenvalue weighted by atomic mass is 10.1. The molecule has 0 saturated heterocycles. The second-order valence-electron chi connectivity index (χ2n) is 2.96. The predicted octanol–water partition coefficient (Wildman–Crippen LogP) is 0.833. The van der Waals surface area contributed by atoms with Crippen molar-refractivity contribution in [3.63, 3.8) is 0 Å². The van der Waals surface area contributed by atoms with Crippen molar-refractivity contribution in [3.8, 4) is 0 Å². The van der Waals surface area contributed by atoms with Gasteiger partial charge in [-0.1, -0.05) is 5.21 Å². The molecule has 0 saturated carbocycles. The van der Waals surface area contributed by atoms with Crippen molar-refractivity contribution in [3.05, 3.63) is 12.4 Å². The van der Waals surface area contributed by atoms with E-state index in [2.05, 4.69) is 37.3 Å². The van der Waals surface area contributed by atoms with E-state index in [1.807, 2.05) is 0 Å². The third kappa shape index (κ3) is 1.28. The first-order valence-electron chi connectivity index (χ1n) is 2.89. The Balaban J connectivity index is 2.90. The Labute approximate surface area is 54.7 Å². The average Bonchev–Trinajstić information content (AvgIpc) is 2.08. The molecule has 0 N–H and O–H groups in total. The van der Waals surface area contributed by atoms with E-state index in [0.717, 1.165) is 0 Å². The van der Waals surface area contributed by atoms with Crippen molar-refractivity contribution in [2.45, 2.75) is 26.3 Å². The average molecular weight is 124 g/mol. The molecule has 1 aromatic heterocycles. The monoisotopic (exact) mass is 124 g/mol. The smallest absolute Gasteiger partial charge is 0.134 e. The quantitative estimate of drug-likeness (QED) is 0.513. The van der Waals surface area contributed by atoms with Crippen molar-refractivity contribution in [2.24, 2.45) is 0 Å².